The predicted molar refractivity (Wildman–Crippen MR) is 50.9 cm³/mol. The van der Waals surface area contributed by atoms with Crippen LogP contribution in [0, 0.1) is 0 Å². The van der Waals surface area contributed by atoms with E-state index in [-0.39, 0.29) is 12.1 Å². The largest absolute Gasteiger partial charge is 0.457 e. The van der Waals surface area contributed by atoms with Gasteiger partial charge in [0.25, 0.3) is 0 Å². The normalized spacial score (nSPS) is 20.7. The third-order valence-electron chi connectivity index (χ3n) is 2.20. The van der Waals surface area contributed by atoms with E-state index in [0.717, 1.165) is 19.5 Å². The van der Waals surface area contributed by atoms with Crippen molar-refractivity contribution in [1.82, 2.24) is 10.3 Å². The van der Waals surface area contributed by atoms with Crippen LogP contribution in [-0.2, 0) is 4.74 Å². The average molecular weight is 192 g/mol. The first kappa shape index (κ1) is 9.15. The maximum absolute atomic E-state index is 11.5. The fourth-order valence-electron chi connectivity index (χ4n) is 1.44. The highest BCUT2D eigenvalue weighted by atomic mass is 16.5. The number of carbonyl (C=O) groups is 1. The number of esters is 1. The fraction of sp³-hybridized carbons (Fsp3) is 0.400. The van der Waals surface area contributed by atoms with Crippen molar-refractivity contribution in [3.8, 4) is 0 Å². The fourth-order valence-corrected chi connectivity index (χ4v) is 1.44. The summed E-state index contributed by atoms with van der Waals surface area (Å²) in [5, 5.41) is 3.14. The summed E-state index contributed by atoms with van der Waals surface area (Å²) < 4.78 is 5.27. The highest BCUT2D eigenvalue weighted by Crippen LogP contribution is 2.07. The summed E-state index contributed by atoms with van der Waals surface area (Å²) in [5.74, 6) is -0.263. The van der Waals surface area contributed by atoms with Crippen LogP contribution in [0.15, 0.2) is 24.5 Å². The number of nitrogens with zero attached hydrogens (tertiary/aromatic N) is 1. The van der Waals surface area contributed by atoms with E-state index in [9.17, 15) is 4.79 Å². The lowest BCUT2D eigenvalue weighted by atomic mass is 10.2. The van der Waals surface area contributed by atoms with Crippen LogP contribution in [0.25, 0.3) is 0 Å². The van der Waals surface area contributed by atoms with Gasteiger partial charge >= 0.3 is 5.97 Å². The molecule has 0 aromatic carbocycles. The molecule has 2 heterocycles. The van der Waals surface area contributed by atoms with E-state index in [1.165, 1.54) is 0 Å². The molecular weight excluding hydrogens is 180 g/mol. The summed E-state index contributed by atoms with van der Waals surface area (Å²) >= 11 is 0. The number of hydrogen-bond donors (Lipinski definition) is 1. The molecule has 0 saturated carbocycles. The van der Waals surface area contributed by atoms with Crippen molar-refractivity contribution in [3.05, 3.63) is 30.1 Å². The average Bonchev–Trinajstić information content (AvgIpc) is 2.72. The topological polar surface area (TPSA) is 51.2 Å². The van der Waals surface area contributed by atoms with Crippen molar-refractivity contribution in [2.45, 2.75) is 12.5 Å². The molecule has 1 aromatic rings. The van der Waals surface area contributed by atoms with E-state index in [0.29, 0.717) is 5.56 Å². The smallest absolute Gasteiger partial charge is 0.338 e. The minimum Gasteiger partial charge on any atom is -0.457 e. The molecule has 74 valence electrons. The second-order valence-electron chi connectivity index (χ2n) is 3.26. The van der Waals surface area contributed by atoms with Crippen LogP contribution in [0.4, 0.5) is 0 Å². The third-order valence-corrected chi connectivity index (χ3v) is 2.20. The quantitative estimate of drug-likeness (QED) is 0.697. The zero-order chi connectivity index (χ0) is 9.80. The lowest BCUT2D eigenvalue weighted by Crippen LogP contribution is -2.20. The number of aromatic nitrogens is 1. The molecule has 0 spiro atoms. The first-order chi connectivity index (χ1) is 6.86. The highest BCUT2D eigenvalue weighted by molar-refractivity contribution is 5.89. The molecule has 1 N–H and O–H groups in total. The summed E-state index contributed by atoms with van der Waals surface area (Å²) in [6.45, 7) is 1.69. The van der Waals surface area contributed by atoms with E-state index in [1.807, 2.05) is 0 Å². The van der Waals surface area contributed by atoms with Gasteiger partial charge in [-0.25, -0.2) is 4.79 Å². The molecule has 1 aliphatic heterocycles. The standard InChI is InChI=1S/C10H12N2O2/c13-10(8-1-4-11-5-2-8)14-9-3-6-12-7-9/h1-2,4-5,9,12H,3,6-7H2. The number of ether oxygens (including phenoxy) is 1. The van der Waals surface area contributed by atoms with Crippen molar-refractivity contribution < 1.29 is 9.53 Å². The summed E-state index contributed by atoms with van der Waals surface area (Å²) in [6, 6.07) is 3.31. The second kappa shape index (κ2) is 4.19. The van der Waals surface area contributed by atoms with E-state index < -0.39 is 0 Å². The van der Waals surface area contributed by atoms with E-state index in [1.54, 1.807) is 24.5 Å². The molecular formula is C10H12N2O2. The Balaban J connectivity index is 1.95. The molecule has 4 nitrogen and oxygen atoms in total. The molecule has 1 aliphatic rings. The third kappa shape index (κ3) is 2.09. The Morgan fingerprint density at radius 3 is 2.93 bits per heavy atom. The lowest BCUT2D eigenvalue weighted by Gasteiger charge is -2.09. The number of hydrogen-bond acceptors (Lipinski definition) is 4. The summed E-state index contributed by atoms with van der Waals surface area (Å²) in [7, 11) is 0. The lowest BCUT2D eigenvalue weighted by molar-refractivity contribution is 0.0344. The molecule has 1 aromatic heterocycles. The van der Waals surface area contributed by atoms with Crippen LogP contribution in [-0.4, -0.2) is 30.1 Å². The van der Waals surface area contributed by atoms with Crippen molar-refractivity contribution in [2.24, 2.45) is 0 Å². The highest BCUT2D eigenvalue weighted by Gasteiger charge is 2.19. The van der Waals surface area contributed by atoms with Crippen LogP contribution in [0.2, 0.25) is 0 Å². The van der Waals surface area contributed by atoms with Gasteiger partial charge < -0.3 is 10.1 Å². The molecule has 1 unspecified atom stereocenters. The Hall–Kier alpha value is -1.42. The molecule has 0 aliphatic carbocycles. The monoisotopic (exact) mass is 192 g/mol. The summed E-state index contributed by atoms with van der Waals surface area (Å²) in [4.78, 5) is 15.4. The van der Waals surface area contributed by atoms with Gasteiger partial charge in [0.15, 0.2) is 0 Å². The minimum atomic E-state index is -0.263. The van der Waals surface area contributed by atoms with Crippen LogP contribution in [0.3, 0.4) is 0 Å². The zero-order valence-corrected chi connectivity index (χ0v) is 7.77. The molecule has 14 heavy (non-hydrogen) atoms. The van der Waals surface area contributed by atoms with Gasteiger partial charge in [-0.3, -0.25) is 4.98 Å². The molecule has 0 amide bonds. The maximum atomic E-state index is 11.5. The summed E-state index contributed by atoms with van der Waals surface area (Å²) in [5.41, 5.74) is 0.562. The molecule has 2 rings (SSSR count). The Morgan fingerprint density at radius 1 is 1.50 bits per heavy atom. The van der Waals surface area contributed by atoms with Crippen LogP contribution in [0.5, 0.6) is 0 Å². The van der Waals surface area contributed by atoms with Crippen molar-refractivity contribution in [1.29, 1.82) is 0 Å². The van der Waals surface area contributed by atoms with Crippen molar-refractivity contribution in [3.63, 3.8) is 0 Å². The van der Waals surface area contributed by atoms with Gasteiger partial charge in [0.1, 0.15) is 6.10 Å². The van der Waals surface area contributed by atoms with Gasteiger partial charge in [0.05, 0.1) is 5.56 Å². The van der Waals surface area contributed by atoms with E-state index >= 15 is 0 Å². The van der Waals surface area contributed by atoms with Gasteiger partial charge in [-0.05, 0) is 25.1 Å². The first-order valence-corrected chi connectivity index (χ1v) is 4.68. The van der Waals surface area contributed by atoms with Crippen LogP contribution < -0.4 is 5.32 Å². The van der Waals surface area contributed by atoms with E-state index in [2.05, 4.69) is 10.3 Å². The van der Waals surface area contributed by atoms with Gasteiger partial charge in [0, 0.05) is 18.9 Å². The van der Waals surface area contributed by atoms with Crippen molar-refractivity contribution in [2.75, 3.05) is 13.1 Å². The number of pyridine rings is 1. The Labute approximate surface area is 82.3 Å². The molecule has 0 radical (unpaired) electrons. The number of nitrogens with one attached hydrogen (secondary N) is 1. The molecule has 1 fully saturated rings. The molecule has 0 bridgehead atoms. The zero-order valence-electron chi connectivity index (χ0n) is 7.77. The van der Waals surface area contributed by atoms with Gasteiger partial charge in [0.2, 0.25) is 0 Å². The molecule has 1 atom stereocenters. The Morgan fingerprint density at radius 2 is 2.29 bits per heavy atom. The van der Waals surface area contributed by atoms with E-state index in [4.69, 9.17) is 4.74 Å². The van der Waals surface area contributed by atoms with Gasteiger partial charge in [-0.15, -0.1) is 0 Å². The molecule has 1 saturated heterocycles. The van der Waals surface area contributed by atoms with Crippen molar-refractivity contribution >= 4 is 5.97 Å². The number of rotatable bonds is 2. The maximum Gasteiger partial charge on any atom is 0.338 e. The first-order valence-electron chi connectivity index (χ1n) is 4.68. The number of carbonyl (C=O) groups excluding carboxylic acids is 1. The second-order valence-corrected chi connectivity index (χ2v) is 3.26. The molecule has 4 heteroatoms. The Kier molecular flexibility index (Phi) is 2.74. The van der Waals surface area contributed by atoms with Crippen LogP contribution in [0.1, 0.15) is 16.8 Å². The van der Waals surface area contributed by atoms with Gasteiger partial charge in [-0.2, -0.15) is 0 Å². The van der Waals surface area contributed by atoms with Gasteiger partial charge in [-0.1, -0.05) is 0 Å². The predicted octanol–water partition coefficient (Wildman–Crippen LogP) is 0.600. The van der Waals surface area contributed by atoms with Crippen LogP contribution >= 0.6 is 0 Å². The minimum absolute atomic E-state index is 0.0238. The SMILES string of the molecule is O=C(OC1CCNC1)c1ccncc1. The Bertz CT molecular complexity index is 307. The summed E-state index contributed by atoms with van der Waals surface area (Å²) in [6.07, 6.45) is 4.10.